The molecule has 2 N–H and O–H groups in total. The molecule has 0 spiro atoms. The molecule has 6 nitrogen and oxygen atoms in total. The van der Waals surface area contributed by atoms with E-state index in [9.17, 15) is 10.1 Å². The summed E-state index contributed by atoms with van der Waals surface area (Å²) in [7, 11) is 0. The van der Waals surface area contributed by atoms with Crippen LogP contribution in [0.1, 0.15) is 5.56 Å². The number of para-hydroxylation sites is 1. The fourth-order valence-corrected chi connectivity index (χ4v) is 2.03. The van der Waals surface area contributed by atoms with Crippen molar-refractivity contribution in [3.63, 3.8) is 0 Å². The molecule has 0 radical (unpaired) electrons. The summed E-state index contributed by atoms with van der Waals surface area (Å²) in [6.07, 6.45) is 0.679. The summed E-state index contributed by atoms with van der Waals surface area (Å²) in [6.45, 7) is 0.534. The molecule has 0 saturated heterocycles. The average Bonchev–Trinajstić information content (AvgIpc) is 2.71. The van der Waals surface area contributed by atoms with Crippen LogP contribution in [-0.2, 0) is 6.42 Å². The van der Waals surface area contributed by atoms with Gasteiger partial charge < -0.3 is 4.90 Å². The lowest BCUT2D eigenvalue weighted by molar-refractivity contribution is -0.384. The van der Waals surface area contributed by atoms with E-state index in [1.54, 1.807) is 6.07 Å². The lowest BCUT2D eigenvalue weighted by atomic mass is 10.1. The Morgan fingerprint density at radius 2 is 2.38 bits per heavy atom. The summed E-state index contributed by atoms with van der Waals surface area (Å²) < 4.78 is 0. The molecule has 0 amide bonds. The van der Waals surface area contributed by atoms with Crippen LogP contribution in [0.25, 0.3) is 0 Å². The molecule has 1 aliphatic rings. The van der Waals surface area contributed by atoms with Gasteiger partial charge in [-0.3, -0.25) is 15.3 Å². The van der Waals surface area contributed by atoms with Gasteiger partial charge in [0.15, 0.2) is 5.11 Å². The van der Waals surface area contributed by atoms with Gasteiger partial charge in [0, 0.05) is 12.6 Å². The Hall–Kier alpha value is -1.73. The highest BCUT2D eigenvalue weighted by Crippen LogP contribution is 2.36. The summed E-state index contributed by atoms with van der Waals surface area (Å²) in [4.78, 5) is 12.0. The Morgan fingerprint density at radius 1 is 1.62 bits per heavy atom. The molecule has 0 unspecified atom stereocenters. The lowest BCUT2D eigenvalue weighted by Gasteiger charge is -2.18. The number of nitro groups is 1. The monoisotopic (exact) mass is 239 g/mol. The summed E-state index contributed by atoms with van der Waals surface area (Å²) in [5.41, 5.74) is 3.19. The summed E-state index contributed by atoms with van der Waals surface area (Å²) in [5, 5.41) is 19.7. The van der Waals surface area contributed by atoms with Gasteiger partial charge in [0.25, 0.3) is 5.69 Å². The van der Waals surface area contributed by atoms with Crippen molar-refractivity contribution < 1.29 is 10.1 Å². The van der Waals surface area contributed by atoms with E-state index >= 15 is 0 Å². The standard InChI is InChI=1S/C9H9N3O3S/c13-10-9(16)11-5-4-6-2-1-3-7(8(6)11)12(14)15/h1-3,13H,4-5H2,(H,10,16). The van der Waals surface area contributed by atoms with Gasteiger partial charge in [-0.1, -0.05) is 12.1 Å². The Kier molecular flexibility index (Phi) is 2.71. The van der Waals surface area contributed by atoms with Crippen LogP contribution in [0.3, 0.4) is 0 Å². The summed E-state index contributed by atoms with van der Waals surface area (Å²) in [6, 6.07) is 4.90. The van der Waals surface area contributed by atoms with Crippen LogP contribution in [-0.4, -0.2) is 21.8 Å². The Bertz CT molecular complexity index is 463. The van der Waals surface area contributed by atoms with Crippen LogP contribution in [0.15, 0.2) is 18.2 Å². The van der Waals surface area contributed by atoms with Gasteiger partial charge in [-0.25, -0.2) is 5.48 Å². The van der Waals surface area contributed by atoms with Crippen molar-refractivity contribution in [2.24, 2.45) is 0 Å². The van der Waals surface area contributed by atoms with Crippen molar-refractivity contribution in [1.82, 2.24) is 5.48 Å². The van der Waals surface area contributed by atoms with Crippen molar-refractivity contribution in [2.45, 2.75) is 6.42 Å². The number of nitro benzene ring substituents is 1. The highest BCUT2D eigenvalue weighted by Gasteiger charge is 2.29. The van der Waals surface area contributed by atoms with Gasteiger partial charge in [-0.2, -0.15) is 0 Å². The van der Waals surface area contributed by atoms with Crippen LogP contribution in [0.5, 0.6) is 0 Å². The fourth-order valence-electron chi connectivity index (χ4n) is 1.85. The molecule has 1 aromatic rings. The van der Waals surface area contributed by atoms with E-state index in [1.165, 1.54) is 11.0 Å². The van der Waals surface area contributed by atoms with E-state index in [0.717, 1.165) is 5.56 Å². The number of hydroxylamine groups is 1. The molecule has 0 aliphatic carbocycles. The molecule has 16 heavy (non-hydrogen) atoms. The maximum Gasteiger partial charge on any atom is 0.293 e. The van der Waals surface area contributed by atoms with Crippen LogP contribution in [0.4, 0.5) is 11.4 Å². The van der Waals surface area contributed by atoms with Crippen LogP contribution < -0.4 is 10.4 Å². The lowest BCUT2D eigenvalue weighted by Crippen LogP contribution is -2.37. The van der Waals surface area contributed by atoms with Crippen molar-refractivity contribution >= 4 is 28.7 Å². The summed E-state index contributed by atoms with van der Waals surface area (Å²) in [5.74, 6) is 0. The number of rotatable bonds is 1. The van der Waals surface area contributed by atoms with Gasteiger partial charge in [0.1, 0.15) is 5.69 Å². The van der Waals surface area contributed by atoms with E-state index < -0.39 is 4.92 Å². The van der Waals surface area contributed by atoms with Crippen LogP contribution >= 0.6 is 12.2 Å². The van der Waals surface area contributed by atoms with E-state index in [2.05, 4.69) is 0 Å². The smallest absolute Gasteiger partial charge is 0.293 e. The third-order valence-electron chi connectivity index (χ3n) is 2.51. The second kappa shape index (κ2) is 4.03. The Balaban J connectivity index is 2.51. The number of nitrogens with zero attached hydrogens (tertiary/aromatic N) is 2. The highest BCUT2D eigenvalue weighted by atomic mass is 32.1. The average molecular weight is 239 g/mol. The predicted octanol–water partition coefficient (Wildman–Crippen LogP) is 1.22. The maximum atomic E-state index is 10.9. The summed E-state index contributed by atoms with van der Waals surface area (Å²) >= 11 is 4.88. The van der Waals surface area contributed by atoms with Gasteiger partial charge in [-0.15, -0.1) is 0 Å². The quantitative estimate of drug-likeness (QED) is 0.436. The van der Waals surface area contributed by atoms with Crippen molar-refractivity contribution in [2.75, 3.05) is 11.4 Å². The first-order chi connectivity index (χ1) is 7.65. The van der Waals surface area contributed by atoms with E-state index in [4.69, 9.17) is 17.4 Å². The molecule has 0 fully saturated rings. The Morgan fingerprint density at radius 3 is 3.00 bits per heavy atom. The predicted molar refractivity (Wildman–Crippen MR) is 61.7 cm³/mol. The number of fused-ring (bicyclic) bond motifs is 1. The molecule has 0 saturated carbocycles. The first-order valence-corrected chi connectivity index (χ1v) is 5.04. The molecular weight excluding hydrogens is 230 g/mol. The topological polar surface area (TPSA) is 78.6 Å². The second-order valence-electron chi connectivity index (χ2n) is 3.36. The number of thiocarbonyl (C=S) groups is 1. The molecule has 84 valence electrons. The van der Waals surface area contributed by atoms with Crippen molar-refractivity contribution in [1.29, 1.82) is 0 Å². The largest absolute Gasteiger partial charge is 0.311 e. The molecule has 0 atom stereocenters. The molecule has 7 heteroatoms. The normalized spacial score (nSPS) is 13.4. The van der Waals surface area contributed by atoms with Gasteiger partial charge in [0.05, 0.1) is 4.92 Å². The number of hydrogen-bond donors (Lipinski definition) is 2. The number of nitrogens with one attached hydrogen (secondary N) is 1. The van der Waals surface area contributed by atoms with E-state index in [0.29, 0.717) is 18.7 Å². The number of benzene rings is 1. The number of hydrogen-bond acceptors (Lipinski definition) is 4. The Labute approximate surface area is 96.6 Å². The zero-order chi connectivity index (χ0) is 11.7. The maximum absolute atomic E-state index is 10.9. The molecule has 1 aliphatic heterocycles. The molecule has 0 bridgehead atoms. The molecular formula is C9H9N3O3S. The third-order valence-corrected chi connectivity index (χ3v) is 2.82. The van der Waals surface area contributed by atoms with Crippen LogP contribution in [0, 0.1) is 10.1 Å². The first kappa shape index (κ1) is 10.8. The van der Waals surface area contributed by atoms with Crippen molar-refractivity contribution in [3.8, 4) is 0 Å². The SMILES string of the molecule is O=[N+]([O-])c1cccc2c1N(C(=S)NO)CC2. The van der Waals surface area contributed by atoms with Gasteiger partial charge in [0.2, 0.25) is 0 Å². The molecule has 0 aromatic heterocycles. The van der Waals surface area contributed by atoms with Gasteiger partial charge >= 0.3 is 0 Å². The zero-order valence-corrected chi connectivity index (χ0v) is 9.03. The first-order valence-electron chi connectivity index (χ1n) is 4.63. The minimum Gasteiger partial charge on any atom is -0.311 e. The minimum atomic E-state index is -0.447. The van der Waals surface area contributed by atoms with Gasteiger partial charge in [-0.05, 0) is 24.2 Å². The second-order valence-corrected chi connectivity index (χ2v) is 3.75. The van der Waals surface area contributed by atoms with E-state index in [1.807, 2.05) is 11.5 Å². The molecule has 2 rings (SSSR count). The van der Waals surface area contributed by atoms with E-state index in [-0.39, 0.29) is 10.8 Å². The number of anilines is 1. The fraction of sp³-hybridized carbons (Fsp3) is 0.222. The third kappa shape index (κ3) is 1.59. The minimum absolute atomic E-state index is 0.00704. The zero-order valence-electron chi connectivity index (χ0n) is 8.21. The highest BCUT2D eigenvalue weighted by molar-refractivity contribution is 7.80. The van der Waals surface area contributed by atoms with Crippen LogP contribution in [0.2, 0.25) is 0 Å². The van der Waals surface area contributed by atoms with Crippen molar-refractivity contribution in [3.05, 3.63) is 33.9 Å². The molecule has 1 heterocycles. The molecule has 1 aromatic carbocycles.